The molecule has 9 heteroatoms. The van der Waals surface area contributed by atoms with Gasteiger partial charge in [0.15, 0.2) is 17.9 Å². The van der Waals surface area contributed by atoms with Crippen molar-refractivity contribution in [3.8, 4) is 6.07 Å². The van der Waals surface area contributed by atoms with Crippen molar-refractivity contribution in [2.45, 2.75) is 12.7 Å². The summed E-state index contributed by atoms with van der Waals surface area (Å²) in [6.45, 7) is 5.46. The maximum atomic E-state index is 14.6. The van der Waals surface area contributed by atoms with Gasteiger partial charge in [-0.1, -0.05) is 6.58 Å². The highest BCUT2D eigenvalue weighted by atomic mass is 19.2. The molecule has 0 aliphatic carbocycles. The molecule has 0 bridgehead atoms. The number of halogens is 2. The van der Waals surface area contributed by atoms with Crippen LogP contribution in [-0.2, 0) is 14.2 Å². The van der Waals surface area contributed by atoms with Gasteiger partial charge >= 0.3 is 0 Å². The smallest absolute Gasteiger partial charge is 0.160 e. The number of pyridine rings is 1. The van der Waals surface area contributed by atoms with Gasteiger partial charge in [0.25, 0.3) is 0 Å². The number of nitrogens with zero attached hydrogens (tertiary/aromatic N) is 4. The number of hydrogen-bond donors (Lipinski definition) is 0. The first-order valence-corrected chi connectivity index (χ1v) is 10.3. The Morgan fingerprint density at radius 3 is 2.59 bits per heavy atom. The molecule has 1 aromatic rings. The zero-order chi connectivity index (χ0) is 23.5. The van der Waals surface area contributed by atoms with E-state index in [1.165, 1.54) is 19.4 Å². The minimum atomic E-state index is -1.06. The lowest BCUT2D eigenvalue weighted by atomic mass is 10.1. The van der Waals surface area contributed by atoms with E-state index < -0.39 is 17.9 Å². The van der Waals surface area contributed by atoms with Crippen LogP contribution in [0.2, 0.25) is 0 Å². The molecule has 0 saturated carbocycles. The molecule has 0 spiro atoms. The Morgan fingerprint density at radius 1 is 1.34 bits per heavy atom. The lowest BCUT2D eigenvalue weighted by Crippen LogP contribution is -2.39. The lowest BCUT2D eigenvalue weighted by molar-refractivity contribution is -0.203. The van der Waals surface area contributed by atoms with Crippen LogP contribution in [0.3, 0.4) is 0 Å². The summed E-state index contributed by atoms with van der Waals surface area (Å²) in [5.41, 5.74) is 0.375. The Morgan fingerprint density at radius 2 is 2.06 bits per heavy atom. The van der Waals surface area contributed by atoms with Gasteiger partial charge in [0.05, 0.1) is 32.4 Å². The SMILES string of the molecule is C=C/C(=C\C(F)=C(/F)CN(CCC1OCC(CN(C)C)CO1)c1ccc(C#N)cn1)OC. The van der Waals surface area contributed by atoms with Crippen molar-refractivity contribution in [2.75, 3.05) is 59.0 Å². The number of anilines is 1. The molecule has 0 radical (unpaired) electrons. The highest BCUT2D eigenvalue weighted by Gasteiger charge is 2.24. The first-order chi connectivity index (χ1) is 15.4. The van der Waals surface area contributed by atoms with E-state index in [1.54, 1.807) is 17.0 Å². The summed E-state index contributed by atoms with van der Waals surface area (Å²) < 4.78 is 45.4. The van der Waals surface area contributed by atoms with Gasteiger partial charge in [0, 0.05) is 37.7 Å². The molecule has 174 valence electrons. The molecule has 0 N–H and O–H groups in total. The van der Waals surface area contributed by atoms with E-state index in [4.69, 9.17) is 19.5 Å². The molecule has 1 fully saturated rings. The second-order valence-electron chi connectivity index (χ2n) is 7.66. The number of aromatic nitrogens is 1. The van der Waals surface area contributed by atoms with Gasteiger partial charge < -0.3 is 24.0 Å². The van der Waals surface area contributed by atoms with Gasteiger partial charge in [-0.05, 0) is 32.3 Å². The van der Waals surface area contributed by atoms with Crippen LogP contribution in [0.25, 0.3) is 0 Å². The predicted octanol–water partition coefficient (Wildman–Crippen LogP) is 3.57. The average Bonchev–Trinajstić information content (AvgIpc) is 2.80. The van der Waals surface area contributed by atoms with Crippen molar-refractivity contribution in [1.29, 1.82) is 5.26 Å². The van der Waals surface area contributed by atoms with E-state index in [0.717, 1.165) is 12.6 Å². The molecule has 1 aromatic heterocycles. The summed E-state index contributed by atoms with van der Waals surface area (Å²) in [5.74, 6) is -1.23. The number of rotatable bonds is 11. The van der Waals surface area contributed by atoms with E-state index in [-0.39, 0.29) is 12.3 Å². The third kappa shape index (κ3) is 8.04. The number of allylic oxidation sites excluding steroid dienone is 3. The summed E-state index contributed by atoms with van der Waals surface area (Å²) in [7, 11) is 5.34. The molecule has 2 heterocycles. The normalized spacial score (nSPS) is 19.8. The second kappa shape index (κ2) is 12.9. The van der Waals surface area contributed by atoms with E-state index in [1.807, 2.05) is 20.2 Å². The fourth-order valence-electron chi connectivity index (χ4n) is 3.19. The Hall–Kier alpha value is -2.80. The summed E-state index contributed by atoms with van der Waals surface area (Å²) in [6.07, 6.45) is 3.61. The first kappa shape index (κ1) is 25.5. The van der Waals surface area contributed by atoms with Gasteiger partial charge in [-0.25, -0.2) is 13.8 Å². The van der Waals surface area contributed by atoms with Crippen molar-refractivity contribution in [2.24, 2.45) is 5.92 Å². The van der Waals surface area contributed by atoms with Crippen molar-refractivity contribution in [3.05, 3.63) is 60.0 Å². The summed E-state index contributed by atoms with van der Waals surface area (Å²) >= 11 is 0. The molecule has 0 unspecified atom stereocenters. The summed E-state index contributed by atoms with van der Waals surface area (Å²) in [6, 6.07) is 5.16. The average molecular weight is 449 g/mol. The maximum absolute atomic E-state index is 14.6. The van der Waals surface area contributed by atoms with Crippen LogP contribution in [0.15, 0.2) is 54.5 Å². The quantitative estimate of drug-likeness (QED) is 0.379. The lowest BCUT2D eigenvalue weighted by Gasteiger charge is -2.32. The Kier molecular flexibility index (Phi) is 10.3. The van der Waals surface area contributed by atoms with E-state index in [0.29, 0.717) is 43.5 Å². The third-order valence-electron chi connectivity index (χ3n) is 4.79. The van der Waals surface area contributed by atoms with Crippen LogP contribution < -0.4 is 4.90 Å². The molecule has 0 atom stereocenters. The zero-order valence-electron chi connectivity index (χ0n) is 18.8. The molecule has 32 heavy (non-hydrogen) atoms. The number of ether oxygens (including phenoxy) is 3. The topological polar surface area (TPSA) is 70.9 Å². The monoisotopic (exact) mass is 448 g/mol. The maximum Gasteiger partial charge on any atom is 0.160 e. The van der Waals surface area contributed by atoms with E-state index in [2.05, 4.69) is 16.5 Å². The van der Waals surface area contributed by atoms with Crippen LogP contribution in [-0.4, -0.2) is 70.2 Å². The number of methoxy groups -OCH3 is 1. The Balaban J connectivity index is 2.09. The Bertz CT molecular complexity index is 842. The van der Waals surface area contributed by atoms with Crippen LogP contribution in [0.4, 0.5) is 14.6 Å². The molecule has 1 aliphatic heterocycles. The number of hydrogen-bond acceptors (Lipinski definition) is 7. The molecule has 0 aromatic carbocycles. The highest BCUT2D eigenvalue weighted by molar-refractivity contribution is 5.43. The standard InChI is InChI=1S/C23H30F2N4O3/c1-5-19(30-4)10-20(24)21(25)14-29(22-7-6-17(11-26)12-27-22)9-8-23-31-15-18(16-32-23)13-28(2)3/h5-7,10,12,18,23H,1,8-9,13-16H2,2-4H3/b19-10+,21-20+. The van der Waals surface area contributed by atoms with Crippen LogP contribution in [0, 0.1) is 17.2 Å². The minimum absolute atomic E-state index is 0.108. The predicted molar refractivity (Wildman–Crippen MR) is 118 cm³/mol. The molecule has 1 saturated heterocycles. The summed E-state index contributed by atoms with van der Waals surface area (Å²) in [4.78, 5) is 7.86. The fraction of sp³-hybridized carbons (Fsp3) is 0.478. The van der Waals surface area contributed by atoms with Crippen LogP contribution in [0.1, 0.15) is 12.0 Å². The number of nitriles is 1. The molecule has 0 amide bonds. The third-order valence-corrected chi connectivity index (χ3v) is 4.79. The van der Waals surface area contributed by atoms with Gasteiger partial charge in [0.1, 0.15) is 17.6 Å². The second-order valence-corrected chi connectivity index (χ2v) is 7.66. The van der Waals surface area contributed by atoms with Gasteiger partial charge in [0.2, 0.25) is 0 Å². The van der Waals surface area contributed by atoms with E-state index >= 15 is 0 Å². The fourth-order valence-corrected chi connectivity index (χ4v) is 3.19. The highest BCUT2D eigenvalue weighted by Crippen LogP contribution is 2.21. The molecule has 1 aliphatic rings. The first-order valence-electron chi connectivity index (χ1n) is 10.3. The van der Waals surface area contributed by atoms with Gasteiger partial charge in [-0.2, -0.15) is 5.26 Å². The molecule has 7 nitrogen and oxygen atoms in total. The van der Waals surface area contributed by atoms with Crippen LogP contribution >= 0.6 is 0 Å². The molecule has 2 rings (SSSR count). The van der Waals surface area contributed by atoms with Crippen LogP contribution in [0.5, 0.6) is 0 Å². The van der Waals surface area contributed by atoms with Crippen molar-refractivity contribution in [1.82, 2.24) is 9.88 Å². The summed E-state index contributed by atoms with van der Waals surface area (Å²) in [5, 5.41) is 8.98. The van der Waals surface area contributed by atoms with Crippen molar-refractivity contribution >= 4 is 5.82 Å². The molecular weight excluding hydrogens is 418 g/mol. The Labute approximate surface area is 188 Å². The van der Waals surface area contributed by atoms with Gasteiger partial charge in [-0.3, -0.25) is 0 Å². The van der Waals surface area contributed by atoms with Gasteiger partial charge in [-0.15, -0.1) is 0 Å². The zero-order valence-corrected chi connectivity index (χ0v) is 18.8. The van der Waals surface area contributed by atoms with Crippen molar-refractivity contribution in [3.63, 3.8) is 0 Å². The minimum Gasteiger partial charge on any atom is -0.497 e. The van der Waals surface area contributed by atoms with Crippen molar-refractivity contribution < 1.29 is 23.0 Å². The van der Waals surface area contributed by atoms with E-state index in [9.17, 15) is 8.78 Å². The largest absolute Gasteiger partial charge is 0.497 e. The molecular formula is C23H30F2N4O3.